The van der Waals surface area contributed by atoms with Gasteiger partial charge in [-0.15, -0.1) is 0 Å². The molecular weight excluding hydrogens is 256 g/mol. The fraction of sp³-hybridized carbons (Fsp3) is 0.867. The van der Waals surface area contributed by atoms with Crippen LogP contribution >= 0.6 is 0 Å². The van der Waals surface area contributed by atoms with Gasteiger partial charge in [-0.1, -0.05) is 13.8 Å². The van der Waals surface area contributed by atoms with Crippen molar-refractivity contribution in [1.29, 1.82) is 0 Å². The molecule has 0 bridgehead atoms. The summed E-state index contributed by atoms with van der Waals surface area (Å²) in [6, 6.07) is 0.241. The first-order chi connectivity index (χ1) is 9.22. The summed E-state index contributed by atoms with van der Waals surface area (Å²) in [7, 11) is 0. The Labute approximate surface area is 120 Å². The van der Waals surface area contributed by atoms with Gasteiger partial charge in [0.1, 0.15) is 0 Å². The van der Waals surface area contributed by atoms with Crippen molar-refractivity contribution in [2.24, 2.45) is 10.8 Å². The Morgan fingerprint density at radius 3 is 2.20 bits per heavy atom. The molecule has 0 aromatic rings. The van der Waals surface area contributed by atoms with E-state index in [1.54, 1.807) is 11.8 Å². The van der Waals surface area contributed by atoms with Gasteiger partial charge in [0.25, 0.3) is 0 Å². The number of likely N-dealkylation sites (tertiary alicyclic amines) is 1. The number of hydrogen-bond acceptors (Lipinski definition) is 2. The molecule has 2 N–H and O–H groups in total. The molecule has 5 nitrogen and oxygen atoms in total. The van der Waals surface area contributed by atoms with Crippen molar-refractivity contribution in [3.8, 4) is 0 Å². The van der Waals surface area contributed by atoms with Gasteiger partial charge in [0.15, 0.2) is 0 Å². The van der Waals surface area contributed by atoms with E-state index in [1.165, 1.54) is 0 Å². The molecule has 0 radical (unpaired) electrons. The van der Waals surface area contributed by atoms with Crippen LogP contribution in [0.5, 0.6) is 0 Å². The summed E-state index contributed by atoms with van der Waals surface area (Å²) in [5, 5.41) is 12.3. The summed E-state index contributed by atoms with van der Waals surface area (Å²) in [6.45, 7) is 7.30. The van der Waals surface area contributed by atoms with Crippen molar-refractivity contribution in [3.05, 3.63) is 0 Å². The standard InChI is InChI=1S/C15H26N2O3/c1-14(2)5-4-11(10-14)16-13(20)17-8-6-15(3,7-9-17)12(18)19/h11H,4-10H2,1-3H3,(H,16,20)(H,18,19). The molecule has 2 aliphatic rings. The highest BCUT2D eigenvalue weighted by Crippen LogP contribution is 2.37. The number of hydrogen-bond donors (Lipinski definition) is 2. The zero-order valence-electron chi connectivity index (χ0n) is 12.7. The maximum atomic E-state index is 12.2. The van der Waals surface area contributed by atoms with E-state index in [9.17, 15) is 14.7 Å². The smallest absolute Gasteiger partial charge is 0.317 e. The van der Waals surface area contributed by atoms with E-state index >= 15 is 0 Å². The van der Waals surface area contributed by atoms with E-state index in [0.717, 1.165) is 19.3 Å². The molecule has 2 fully saturated rings. The predicted molar refractivity (Wildman–Crippen MR) is 76.5 cm³/mol. The van der Waals surface area contributed by atoms with Crippen molar-refractivity contribution in [2.75, 3.05) is 13.1 Å². The number of carbonyl (C=O) groups is 2. The molecule has 2 rings (SSSR count). The molecule has 1 saturated carbocycles. The van der Waals surface area contributed by atoms with E-state index in [2.05, 4.69) is 19.2 Å². The van der Waals surface area contributed by atoms with Gasteiger partial charge in [0.2, 0.25) is 0 Å². The monoisotopic (exact) mass is 282 g/mol. The van der Waals surface area contributed by atoms with Gasteiger partial charge in [-0.2, -0.15) is 0 Å². The number of piperidine rings is 1. The number of urea groups is 1. The first kappa shape index (κ1) is 15.1. The highest BCUT2D eigenvalue weighted by molar-refractivity contribution is 5.77. The molecule has 2 amide bonds. The van der Waals surface area contributed by atoms with E-state index in [0.29, 0.717) is 31.3 Å². The average Bonchev–Trinajstić information content (AvgIpc) is 2.69. The minimum Gasteiger partial charge on any atom is -0.481 e. The Bertz CT molecular complexity index is 398. The van der Waals surface area contributed by atoms with Gasteiger partial charge >= 0.3 is 12.0 Å². The fourth-order valence-corrected chi connectivity index (χ4v) is 3.24. The van der Waals surface area contributed by atoms with Gasteiger partial charge < -0.3 is 15.3 Å². The Morgan fingerprint density at radius 1 is 1.15 bits per heavy atom. The van der Waals surface area contributed by atoms with Crippen LogP contribution in [0.2, 0.25) is 0 Å². The van der Waals surface area contributed by atoms with Gasteiger partial charge in [0, 0.05) is 19.1 Å². The second-order valence-corrected chi connectivity index (χ2v) is 7.41. The van der Waals surface area contributed by atoms with Crippen LogP contribution < -0.4 is 5.32 Å². The maximum Gasteiger partial charge on any atom is 0.317 e. The summed E-state index contributed by atoms with van der Waals surface area (Å²) in [5.74, 6) is -0.755. The number of carbonyl (C=O) groups excluding carboxylic acids is 1. The lowest BCUT2D eigenvalue weighted by Crippen LogP contribution is -2.50. The third-order valence-electron chi connectivity index (χ3n) is 4.97. The van der Waals surface area contributed by atoms with Crippen LogP contribution in [-0.4, -0.2) is 41.1 Å². The summed E-state index contributed by atoms with van der Waals surface area (Å²) in [4.78, 5) is 25.2. The molecule has 0 aromatic carbocycles. The largest absolute Gasteiger partial charge is 0.481 e. The van der Waals surface area contributed by atoms with Gasteiger partial charge in [-0.05, 0) is 44.4 Å². The third-order valence-corrected chi connectivity index (χ3v) is 4.97. The first-order valence-electron chi connectivity index (χ1n) is 7.51. The third kappa shape index (κ3) is 3.25. The number of nitrogens with zero attached hydrogens (tertiary/aromatic N) is 1. The Kier molecular flexibility index (Phi) is 3.98. The van der Waals surface area contributed by atoms with Crippen LogP contribution in [0.3, 0.4) is 0 Å². The second kappa shape index (κ2) is 5.26. The Balaban J connectivity index is 1.82. The minimum atomic E-state index is -0.755. The summed E-state index contributed by atoms with van der Waals surface area (Å²) in [5.41, 5.74) is -0.353. The molecule has 114 valence electrons. The lowest BCUT2D eigenvalue weighted by atomic mass is 9.80. The minimum absolute atomic E-state index is 0.0276. The normalized spacial score (nSPS) is 28.1. The van der Waals surface area contributed by atoms with Gasteiger partial charge in [-0.3, -0.25) is 4.79 Å². The highest BCUT2D eigenvalue weighted by atomic mass is 16.4. The van der Waals surface area contributed by atoms with E-state index in [-0.39, 0.29) is 12.1 Å². The van der Waals surface area contributed by atoms with Crippen molar-refractivity contribution >= 4 is 12.0 Å². The number of nitrogens with one attached hydrogen (secondary N) is 1. The number of rotatable bonds is 2. The van der Waals surface area contributed by atoms with Gasteiger partial charge in [0.05, 0.1) is 5.41 Å². The van der Waals surface area contributed by atoms with Crippen molar-refractivity contribution in [3.63, 3.8) is 0 Å². The Hall–Kier alpha value is -1.26. The quantitative estimate of drug-likeness (QED) is 0.817. The number of aliphatic carboxylic acids is 1. The van der Waals surface area contributed by atoms with Crippen molar-refractivity contribution in [1.82, 2.24) is 10.2 Å². The molecular formula is C15H26N2O3. The van der Waals surface area contributed by atoms with E-state index < -0.39 is 11.4 Å². The molecule has 1 saturated heterocycles. The lowest BCUT2D eigenvalue weighted by Gasteiger charge is -2.36. The average molecular weight is 282 g/mol. The number of amides is 2. The van der Waals surface area contributed by atoms with Crippen LogP contribution in [0.15, 0.2) is 0 Å². The molecule has 0 aromatic heterocycles. The number of carboxylic acid groups (broad SMARTS) is 1. The topological polar surface area (TPSA) is 69.6 Å². The molecule has 5 heteroatoms. The summed E-state index contributed by atoms with van der Waals surface area (Å²) < 4.78 is 0. The van der Waals surface area contributed by atoms with Crippen LogP contribution in [0.1, 0.15) is 52.9 Å². The molecule has 1 heterocycles. The zero-order valence-corrected chi connectivity index (χ0v) is 12.7. The lowest BCUT2D eigenvalue weighted by molar-refractivity contribution is -0.150. The molecule has 20 heavy (non-hydrogen) atoms. The predicted octanol–water partition coefficient (Wildman–Crippen LogP) is 2.46. The van der Waals surface area contributed by atoms with Crippen molar-refractivity contribution in [2.45, 2.75) is 58.9 Å². The Morgan fingerprint density at radius 2 is 1.75 bits per heavy atom. The molecule has 1 unspecified atom stereocenters. The SMILES string of the molecule is CC1(C)CCC(NC(=O)N2CCC(C)(C(=O)O)CC2)C1. The maximum absolute atomic E-state index is 12.2. The molecule has 1 atom stereocenters. The van der Waals surface area contributed by atoms with Crippen LogP contribution in [0, 0.1) is 10.8 Å². The van der Waals surface area contributed by atoms with Crippen LogP contribution in [-0.2, 0) is 4.79 Å². The van der Waals surface area contributed by atoms with Crippen LogP contribution in [0.4, 0.5) is 4.79 Å². The zero-order chi connectivity index (χ0) is 15.0. The molecule has 1 aliphatic carbocycles. The molecule has 0 spiro atoms. The molecule has 1 aliphatic heterocycles. The van der Waals surface area contributed by atoms with Gasteiger partial charge in [-0.25, -0.2) is 4.79 Å². The van der Waals surface area contributed by atoms with Crippen LogP contribution in [0.25, 0.3) is 0 Å². The second-order valence-electron chi connectivity index (χ2n) is 7.41. The first-order valence-corrected chi connectivity index (χ1v) is 7.51. The van der Waals surface area contributed by atoms with E-state index in [1.807, 2.05) is 0 Å². The fourth-order valence-electron chi connectivity index (χ4n) is 3.24. The summed E-state index contributed by atoms with van der Waals surface area (Å²) >= 11 is 0. The highest BCUT2D eigenvalue weighted by Gasteiger charge is 2.39. The van der Waals surface area contributed by atoms with E-state index in [4.69, 9.17) is 0 Å². The summed E-state index contributed by atoms with van der Waals surface area (Å²) in [6.07, 6.45) is 4.28. The van der Waals surface area contributed by atoms with Crippen molar-refractivity contribution < 1.29 is 14.7 Å². The number of carboxylic acids is 1.